The molecule has 0 spiro atoms. The average Bonchev–Trinajstić information content (AvgIpc) is 3.49. The van der Waals surface area contributed by atoms with Crippen LogP contribution in [-0.2, 0) is 30.8 Å². The predicted octanol–water partition coefficient (Wildman–Crippen LogP) is 4.59. The van der Waals surface area contributed by atoms with Crippen LogP contribution in [0.15, 0.2) is 66.0 Å². The minimum Gasteiger partial charge on any atom is -0.487 e. The van der Waals surface area contributed by atoms with Gasteiger partial charge in [-0.15, -0.1) is 11.3 Å². The van der Waals surface area contributed by atoms with E-state index in [2.05, 4.69) is 15.3 Å². The van der Waals surface area contributed by atoms with Gasteiger partial charge < -0.3 is 14.5 Å². The maximum atomic E-state index is 13.1. The molecule has 1 aliphatic rings. The summed E-state index contributed by atoms with van der Waals surface area (Å²) in [5, 5.41) is 3.64. The molecule has 1 aliphatic carbocycles. The van der Waals surface area contributed by atoms with Crippen LogP contribution >= 0.6 is 11.3 Å². The molecule has 1 amide bonds. The lowest BCUT2D eigenvalue weighted by molar-refractivity contribution is -0.116. The van der Waals surface area contributed by atoms with E-state index in [0.717, 1.165) is 46.4 Å². The topological polar surface area (TPSA) is 90.5 Å². The van der Waals surface area contributed by atoms with Gasteiger partial charge in [0.15, 0.2) is 0 Å². The zero-order valence-corrected chi connectivity index (χ0v) is 20.5. The van der Waals surface area contributed by atoms with Crippen LogP contribution in [0.5, 0.6) is 5.75 Å². The molecule has 0 unspecified atom stereocenters. The van der Waals surface area contributed by atoms with Crippen molar-refractivity contribution in [3.8, 4) is 5.75 Å². The fraction of sp³-hybridized carbons (Fsp3) is 0.259. The number of amides is 1. The molecule has 0 atom stereocenters. The van der Waals surface area contributed by atoms with Crippen molar-refractivity contribution in [2.24, 2.45) is 0 Å². The smallest absolute Gasteiger partial charge is 0.262 e. The van der Waals surface area contributed by atoms with E-state index in [1.54, 1.807) is 28.3 Å². The van der Waals surface area contributed by atoms with Crippen LogP contribution in [0.25, 0.3) is 15.9 Å². The molecule has 9 heteroatoms. The Morgan fingerprint density at radius 3 is 2.97 bits per heavy atom. The Morgan fingerprint density at radius 1 is 1.14 bits per heavy atom. The highest BCUT2D eigenvalue weighted by atomic mass is 32.1. The van der Waals surface area contributed by atoms with Crippen molar-refractivity contribution >= 4 is 38.8 Å². The Bertz CT molecular complexity index is 1600. The molecule has 8 nitrogen and oxygen atoms in total. The van der Waals surface area contributed by atoms with Crippen molar-refractivity contribution in [2.75, 3.05) is 5.32 Å². The Balaban J connectivity index is 1.08. The molecule has 4 aromatic heterocycles. The lowest BCUT2D eigenvalue weighted by atomic mass is 9.97. The Morgan fingerprint density at radius 2 is 2.06 bits per heavy atom. The minimum absolute atomic E-state index is 0.0467. The van der Waals surface area contributed by atoms with Gasteiger partial charge in [0.05, 0.1) is 17.4 Å². The van der Waals surface area contributed by atoms with Gasteiger partial charge >= 0.3 is 0 Å². The summed E-state index contributed by atoms with van der Waals surface area (Å²) in [6, 6.07) is 13.1. The van der Waals surface area contributed by atoms with E-state index in [1.165, 1.54) is 11.3 Å². The van der Waals surface area contributed by atoms with Crippen LogP contribution in [0.3, 0.4) is 0 Å². The number of aryl methyl sites for hydroxylation is 3. The average molecular weight is 500 g/mol. The van der Waals surface area contributed by atoms with Gasteiger partial charge in [0.2, 0.25) is 5.91 Å². The SMILES string of the molecule is O=C(CCn1cnc2sc3c(c2c1=O)CCCC3)Nc1cccc(OCc2cn3ccccc3n2)c1. The summed E-state index contributed by atoms with van der Waals surface area (Å²) < 4.78 is 9.39. The summed E-state index contributed by atoms with van der Waals surface area (Å²) in [5.41, 5.74) is 3.44. The predicted molar refractivity (Wildman–Crippen MR) is 140 cm³/mol. The summed E-state index contributed by atoms with van der Waals surface area (Å²) in [6.45, 7) is 0.603. The van der Waals surface area contributed by atoms with Crippen molar-refractivity contribution in [3.63, 3.8) is 0 Å². The highest BCUT2D eigenvalue weighted by Gasteiger charge is 2.20. The normalized spacial score (nSPS) is 13.1. The number of aromatic nitrogens is 4. The van der Waals surface area contributed by atoms with E-state index in [-0.39, 0.29) is 24.4 Å². The zero-order valence-electron chi connectivity index (χ0n) is 19.6. The van der Waals surface area contributed by atoms with Crippen LogP contribution in [-0.4, -0.2) is 24.8 Å². The number of ether oxygens (including phenoxy) is 1. The first-order valence-electron chi connectivity index (χ1n) is 12.1. The van der Waals surface area contributed by atoms with Crippen LogP contribution in [0.1, 0.15) is 35.4 Å². The number of nitrogens with zero attached hydrogens (tertiary/aromatic N) is 4. The fourth-order valence-electron chi connectivity index (χ4n) is 4.66. The number of hydrogen-bond acceptors (Lipinski definition) is 6. The molecule has 0 aliphatic heterocycles. The molecular formula is C27H25N5O3S. The molecule has 0 saturated heterocycles. The molecule has 0 radical (unpaired) electrons. The van der Waals surface area contributed by atoms with E-state index in [1.807, 2.05) is 53.2 Å². The van der Waals surface area contributed by atoms with Gasteiger partial charge in [-0.2, -0.15) is 0 Å². The molecule has 6 rings (SSSR count). The highest BCUT2D eigenvalue weighted by molar-refractivity contribution is 7.18. The van der Waals surface area contributed by atoms with E-state index in [4.69, 9.17) is 4.74 Å². The first kappa shape index (κ1) is 22.5. The first-order valence-corrected chi connectivity index (χ1v) is 12.9. The van der Waals surface area contributed by atoms with Gasteiger partial charge in [-0.25, -0.2) is 9.97 Å². The first-order chi connectivity index (χ1) is 17.6. The molecule has 0 bridgehead atoms. The largest absolute Gasteiger partial charge is 0.487 e. The van der Waals surface area contributed by atoms with Crippen LogP contribution in [0.4, 0.5) is 5.69 Å². The molecule has 1 aromatic carbocycles. The third-order valence-electron chi connectivity index (χ3n) is 6.44. The van der Waals surface area contributed by atoms with Crippen LogP contribution in [0.2, 0.25) is 0 Å². The lowest BCUT2D eigenvalue weighted by Gasteiger charge is -2.11. The maximum absolute atomic E-state index is 13.1. The second kappa shape index (κ2) is 9.58. The van der Waals surface area contributed by atoms with E-state index < -0.39 is 0 Å². The van der Waals surface area contributed by atoms with Crippen molar-refractivity contribution < 1.29 is 9.53 Å². The third kappa shape index (κ3) is 4.49. The number of benzene rings is 1. The molecule has 36 heavy (non-hydrogen) atoms. The highest BCUT2D eigenvalue weighted by Crippen LogP contribution is 2.33. The number of nitrogens with one attached hydrogen (secondary N) is 1. The fourth-order valence-corrected chi connectivity index (χ4v) is 5.88. The Labute approximate surface area is 211 Å². The Hall–Kier alpha value is -3.98. The summed E-state index contributed by atoms with van der Waals surface area (Å²) in [7, 11) is 0. The van der Waals surface area contributed by atoms with Gasteiger partial charge in [-0.3, -0.25) is 14.2 Å². The number of carbonyl (C=O) groups is 1. The molecular weight excluding hydrogens is 474 g/mol. The van der Waals surface area contributed by atoms with Crippen molar-refractivity contribution in [3.05, 3.63) is 87.7 Å². The standard InChI is InChI=1S/C27H25N5O3S/c33-24(11-13-32-17-28-26-25(27(32)34)21-8-1-2-9-22(21)36-26)30-18-6-5-7-20(14-18)35-16-19-15-31-12-4-3-10-23(31)29-19/h3-7,10,12,14-15,17H,1-2,8-9,11,13,16H2,(H,30,33). The van der Waals surface area contributed by atoms with E-state index in [9.17, 15) is 9.59 Å². The number of anilines is 1. The van der Waals surface area contributed by atoms with Crippen LogP contribution < -0.4 is 15.6 Å². The Kier molecular flexibility index (Phi) is 5.98. The molecule has 0 fully saturated rings. The molecule has 0 saturated carbocycles. The summed E-state index contributed by atoms with van der Waals surface area (Å²) in [4.78, 5) is 36.9. The van der Waals surface area contributed by atoms with Crippen molar-refractivity contribution in [1.82, 2.24) is 18.9 Å². The van der Waals surface area contributed by atoms with E-state index in [0.29, 0.717) is 18.0 Å². The summed E-state index contributed by atoms with van der Waals surface area (Å²) >= 11 is 1.63. The van der Waals surface area contributed by atoms with Crippen LogP contribution in [0, 0.1) is 0 Å². The molecule has 182 valence electrons. The van der Waals surface area contributed by atoms with Gasteiger partial charge in [0.25, 0.3) is 5.56 Å². The number of pyridine rings is 1. The third-order valence-corrected chi connectivity index (χ3v) is 7.64. The lowest BCUT2D eigenvalue weighted by Crippen LogP contribution is -2.24. The summed E-state index contributed by atoms with van der Waals surface area (Å²) in [6.07, 6.45) is 9.85. The van der Waals surface area contributed by atoms with Crippen molar-refractivity contribution in [2.45, 2.75) is 45.3 Å². The van der Waals surface area contributed by atoms with Gasteiger partial charge in [-0.05, 0) is 55.5 Å². The maximum Gasteiger partial charge on any atom is 0.262 e. The number of rotatable bonds is 7. The number of imidazole rings is 1. The number of thiophene rings is 1. The zero-order chi connectivity index (χ0) is 24.5. The van der Waals surface area contributed by atoms with Gasteiger partial charge in [-0.1, -0.05) is 12.1 Å². The minimum atomic E-state index is -0.174. The molecule has 5 aromatic rings. The molecule has 4 heterocycles. The van der Waals surface area contributed by atoms with Crippen molar-refractivity contribution in [1.29, 1.82) is 0 Å². The van der Waals surface area contributed by atoms with Gasteiger partial charge in [0.1, 0.15) is 22.8 Å². The number of hydrogen-bond donors (Lipinski definition) is 1. The second-order valence-electron chi connectivity index (χ2n) is 8.95. The van der Waals surface area contributed by atoms with E-state index >= 15 is 0 Å². The number of carbonyl (C=O) groups excluding carboxylic acids is 1. The second-order valence-corrected chi connectivity index (χ2v) is 10.0. The molecule has 1 N–H and O–H groups in total. The number of fused-ring (bicyclic) bond motifs is 4. The monoisotopic (exact) mass is 499 g/mol. The summed E-state index contributed by atoms with van der Waals surface area (Å²) in [5.74, 6) is 0.463. The van der Waals surface area contributed by atoms with Gasteiger partial charge in [0, 0.05) is 42.0 Å². The quantitative estimate of drug-likeness (QED) is 0.354.